The summed E-state index contributed by atoms with van der Waals surface area (Å²) in [5, 5.41) is 9.88. The van der Waals surface area contributed by atoms with Gasteiger partial charge in [-0.3, -0.25) is 4.79 Å². The quantitative estimate of drug-likeness (QED) is 0.728. The lowest BCUT2D eigenvalue weighted by Crippen LogP contribution is -2.45. The van der Waals surface area contributed by atoms with Gasteiger partial charge in [0.1, 0.15) is 5.78 Å². The first kappa shape index (κ1) is 12.4. The highest BCUT2D eigenvalue weighted by Gasteiger charge is 2.50. The Kier molecular flexibility index (Phi) is 2.98. The molecule has 19 heavy (non-hydrogen) atoms. The molecule has 2 nitrogen and oxygen atoms in total. The fourth-order valence-corrected chi connectivity index (χ4v) is 6.24. The molecule has 4 rings (SSSR count). The van der Waals surface area contributed by atoms with Gasteiger partial charge in [0.2, 0.25) is 0 Å². The molecule has 4 aliphatic rings. The zero-order valence-corrected chi connectivity index (χ0v) is 11.8. The lowest BCUT2D eigenvalue weighted by atomic mass is 9.53. The van der Waals surface area contributed by atoms with Crippen molar-refractivity contribution in [2.24, 2.45) is 35.5 Å². The molecule has 4 saturated carbocycles. The molecule has 0 heterocycles. The zero-order valence-electron chi connectivity index (χ0n) is 11.8. The van der Waals surface area contributed by atoms with Crippen molar-refractivity contribution in [3.8, 4) is 0 Å². The average molecular weight is 262 g/mol. The van der Waals surface area contributed by atoms with E-state index in [1.807, 2.05) is 0 Å². The van der Waals surface area contributed by atoms with Crippen LogP contribution in [0, 0.1) is 35.5 Å². The maximum atomic E-state index is 11.8. The Hall–Kier alpha value is -0.370. The van der Waals surface area contributed by atoms with E-state index in [2.05, 4.69) is 0 Å². The minimum Gasteiger partial charge on any atom is -0.393 e. The van der Waals surface area contributed by atoms with Gasteiger partial charge in [0.05, 0.1) is 6.10 Å². The van der Waals surface area contributed by atoms with Crippen molar-refractivity contribution in [1.29, 1.82) is 0 Å². The van der Waals surface area contributed by atoms with Gasteiger partial charge in [0.25, 0.3) is 0 Å². The molecule has 0 unspecified atom stereocenters. The first-order valence-electron chi connectivity index (χ1n) is 8.42. The number of ketones is 1. The number of aliphatic hydroxyl groups excluding tert-OH is 1. The summed E-state index contributed by atoms with van der Waals surface area (Å²) in [4.78, 5) is 11.8. The van der Waals surface area contributed by atoms with Crippen LogP contribution in [0.2, 0.25) is 0 Å². The molecule has 0 saturated heterocycles. The number of aliphatic hydroxyl groups is 1. The second-order valence-electron chi connectivity index (χ2n) is 7.74. The van der Waals surface area contributed by atoms with Gasteiger partial charge < -0.3 is 5.11 Å². The third kappa shape index (κ3) is 1.98. The molecule has 4 fully saturated rings. The normalized spacial score (nSPS) is 53.3. The van der Waals surface area contributed by atoms with Gasteiger partial charge in [-0.2, -0.15) is 0 Å². The maximum Gasteiger partial charge on any atom is 0.133 e. The molecule has 1 N–H and O–H groups in total. The number of fused-ring (bicyclic) bond motifs is 5. The minimum atomic E-state index is -0.0257. The SMILES string of the molecule is O=C1C[C@@H]2CC[C@H]3[C@@H](CC[C@@H]4C[C@@H](O)CC[C@H]43)[C@@H]2C1. The van der Waals surface area contributed by atoms with Crippen LogP contribution in [0.25, 0.3) is 0 Å². The molecule has 0 aromatic heterocycles. The van der Waals surface area contributed by atoms with E-state index < -0.39 is 0 Å². The number of carbonyl (C=O) groups excluding carboxylic acids is 1. The first-order valence-corrected chi connectivity index (χ1v) is 8.42. The predicted molar refractivity (Wildman–Crippen MR) is 73.5 cm³/mol. The molecule has 0 radical (unpaired) electrons. The fourth-order valence-electron chi connectivity index (χ4n) is 6.24. The Bertz CT molecular complexity index is 377. The van der Waals surface area contributed by atoms with Crippen molar-refractivity contribution in [2.75, 3.05) is 0 Å². The van der Waals surface area contributed by atoms with Crippen LogP contribution >= 0.6 is 0 Å². The van der Waals surface area contributed by atoms with E-state index in [0.29, 0.717) is 5.78 Å². The van der Waals surface area contributed by atoms with E-state index in [-0.39, 0.29) is 6.10 Å². The second kappa shape index (κ2) is 4.58. The predicted octanol–water partition coefficient (Wildman–Crippen LogP) is 3.18. The van der Waals surface area contributed by atoms with Crippen LogP contribution in [0.1, 0.15) is 57.8 Å². The topological polar surface area (TPSA) is 37.3 Å². The van der Waals surface area contributed by atoms with Gasteiger partial charge in [0.15, 0.2) is 0 Å². The molecule has 4 aliphatic carbocycles. The molecule has 0 amide bonds. The van der Waals surface area contributed by atoms with Crippen LogP contribution in [-0.2, 0) is 4.79 Å². The molecule has 0 bridgehead atoms. The van der Waals surface area contributed by atoms with Gasteiger partial charge in [-0.15, -0.1) is 0 Å². The number of hydrogen-bond donors (Lipinski definition) is 1. The Labute approximate surface area is 116 Å². The van der Waals surface area contributed by atoms with Gasteiger partial charge in [-0.1, -0.05) is 0 Å². The largest absolute Gasteiger partial charge is 0.393 e. The third-order valence-electron chi connectivity index (χ3n) is 6.96. The van der Waals surface area contributed by atoms with E-state index in [9.17, 15) is 9.90 Å². The van der Waals surface area contributed by atoms with Crippen LogP contribution in [0.15, 0.2) is 0 Å². The summed E-state index contributed by atoms with van der Waals surface area (Å²) in [5.74, 6) is 5.41. The molecule has 0 aromatic carbocycles. The second-order valence-corrected chi connectivity index (χ2v) is 7.74. The Morgan fingerprint density at radius 2 is 1.42 bits per heavy atom. The van der Waals surface area contributed by atoms with Crippen molar-refractivity contribution in [1.82, 2.24) is 0 Å². The summed E-state index contributed by atoms with van der Waals surface area (Å²) in [5.41, 5.74) is 0. The van der Waals surface area contributed by atoms with E-state index in [1.54, 1.807) is 0 Å². The van der Waals surface area contributed by atoms with Crippen LogP contribution in [-0.4, -0.2) is 17.0 Å². The van der Waals surface area contributed by atoms with Crippen molar-refractivity contribution in [3.63, 3.8) is 0 Å². The molecule has 0 spiro atoms. The summed E-state index contributed by atoms with van der Waals surface area (Å²) in [6.07, 6.45) is 10.4. The molecule has 7 atom stereocenters. The lowest BCUT2D eigenvalue weighted by Gasteiger charge is -2.52. The van der Waals surface area contributed by atoms with Crippen LogP contribution < -0.4 is 0 Å². The van der Waals surface area contributed by atoms with Crippen molar-refractivity contribution in [2.45, 2.75) is 63.9 Å². The van der Waals surface area contributed by atoms with Gasteiger partial charge in [0, 0.05) is 12.8 Å². The summed E-state index contributed by atoms with van der Waals surface area (Å²) in [6, 6.07) is 0. The van der Waals surface area contributed by atoms with Crippen molar-refractivity contribution < 1.29 is 9.90 Å². The molecule has 0 aliphatic heterocycles. The number of Topliss-reactive ketones (excluding diaryl/α,β-unsaturated/α-hetero) is 1. The molecule has 106 valence electrons. The summed E-state index contributed by atoms with van der Waals surface area (Å²) in [7, 11) is 0. The number of rotatable bonds is 0. The Morgan fingerprint density at radius 3 is 2.26 bits per heavy atom. The molecular formula is C17H26O2. The minimum absolute atomic E-state index is 0.0257. The first-order chi connectivity index (χ1) is 9.22. The van der Waals surface area contributed by atoms with Gasteiger partial charge in [-0.25, -0.2) is 0 Å². The maximum absolute atomic E-state index is 11.8. The van der Waals surface area contributed by atoms with Crippen LogP contribution in [0.5, 0.6) is 0 Å². The molecular weight excluding hydrogens is 236 g/mol. The molecule has 0 aromatic rings. The zero-order chi connectivity index (χ0) is 13.0. The standard InChI is InChI=1S/C17H26O2/c18-12-3-6-14-10(7-12)1-5-16-15(14)4-2-11-8-13(19)9-17(11)16/h10-12,14-18H,1-9H2/t10-,11+,12+,14-,15-,16-,17-/m1/s1. The Balaban J connectivity index is 1.54. The summed E-state index contributed by atoms with van der Waals surface area (Å²) < 4.78 is 0. The highest BCUT2D eigenvalue weighted by atomic mass is 16.3. The fraction of sp³-hybridized carbons (Fsp3) is 0.941. The van der Waals surface area contributed by atoms with Gasteiger partial charge in [-0.05, 0) is 80.5 Å². The van der Waals surface area contributed by atoms with E-state index in [1.165, 1.54) is 32.1 Å². The van der Waals surface area contributed by atoms with E-state index >= 15 is 0 Å². The number of carbonyl (C=O) groups is 1. The summed E-state index contributed by atoms with van der Waals surface area (Å²) >= 11 is 0. The van der Waals surface area contributed by atoms with E-state index in [0.717, 1.165) is 61.2 Å². The molecule has 2 heteroatoms. The van der Waals surface area contributed by atoms with E-state index in [4.69, 9.17) is 0 Å². The lowest BCUT2D eigenvalue weighted by molar-refractivity contribution is -0.117. The van der Waals surface area contributed by atoms with Crippen LogP contribution in [0.4, 0.5) is 0 Å². The average Bonchev–Trinajstić information content (AvgIpc) is 2.78. The van der Waals surface area contributed by atoms with Crippen molar-refractivity contribution >= 4 is 5.78 Å². The highest BCUT2D eigenvalue weighted by molar-refractivity contribution is 5.81. The van der Waals surface area contributed by atoms with Crippen LogP contribution in [0.3, 0.4) is 0 Å². The monoisotopic (exact) mass is 262 g/mol. The smallest absolute Gasteiger partial charge is 0.133 e. The highest BCUT2D eigenvalue weighted by Crippen LogP contribution is 2.57. The van der Waals surface area contributed by atoms with Gasteiger partial charge >= 0.3 is 0 Å². The Morgan fingerprint density at radius 1 is 0.737 bits per heavy atom. The third-order valence-corrected chi connectivity index (χ3v) is 6.96. The number of hydrogen-bond acceptors (Lipinski definition) is 2. The summed E-state index contributed by atoms with van der Waals surface area (Å²) in [6.45, 7) is 0. The van der Waals surface area contributed by atoms with Crippen molar-refractivity contribution in [3.05, 3.63) is 0 Å².